The lowest BCUT2D eigenvalue weighted by Gasteiger charge is -2.35. The number of piperazine rings is 1. The molecular weight excluding hydrogens is 392 g/mol. The lowest BCUT2D eigenvalue weighted by atomic mass is 10.2. The fraction of sp³-hybridized carbons (Fsp3) is 0.522. The zero-order chi connectivity index (χ0) is 21.5. The van der Waals surface area contributed by atoms with E-state index in [2.05, 4.69) is 15.3 Å². The number of urea groups is 1. The summed E-state index contributed by atoms with van der Waals surface area (Å²) in [4.78, 5) is 31.2. The topological polar surface area (TPSA) is 73.7 Å². The Kier molecular flexibility index (Phi) is 7.19. The van der Waals surface area contributed by atoms with Crippen LogP contribution < -0.4 is 5.32 Å². The molecule has 0 spiro atoms. The van der Waals surface area contributed by atoms with E-state index < -0.39 is 0 Å². The highest BCUT2D eigenvalue weighted by atomic mass is 16.2. The third kappa shape index (κ3) is 5.85. The molecule has 0 atom stereocenters. The number of carbonyl (C=O) groups excluding carboxylic acids is 2. The first kappa shape index (κ1) is 21.4. The fourth-order valence-electron chi connectivity index (χ4n) is 4.24. The molecule has 1 aromatic carbocycles. The first-order valence-electron chi connectivity index (χ1n) is 11.3. The van der Waals surface area contributed by atoms with Crippen molar-refractivity contribution in [2.75, 3.05) is 45.8 Å². The van der Waals surface area contributed by atoms with Gasteiger partial charge in [-0.15, -0.1) is 0 Å². The van der Waals surface area contributed by atoms with Gasteiger partial charge >= 0.3 is 6.03 Å². The quantitative estimate of drug-likeness (QED) is 0.798. The molecule has 0 aliphatic carbocycles. The lowest BCUT2D eigenvalue weighted by Crippen LogP contribution is -2.53. The minimum Gasteiger partial charge on any atom is -0.342 e. The van der Waals surface area contributed by atoms with E-state index in [-0.39, 0.29) is 11.9 Å². The third-order valence-electron chi connectivity index (χ3n) is 6.10. The number of nitrogens with one attached hydrogen (secondary N) is 1. The van der Waals surface area contributed by atoms with E-state index in [1.807, 2.05) is 46.3 Å². The molecule has 2 aromatic rings. The predicted molar refractivity (Wildman–Crippen MR) is 119 cm³/mol. The predicted octanol–water partition coefficient (Wildman–Crippen LogP) is 2.10. The number of aromatic nitrogens is 2. The Bertz CT molecular complexity index is 853. The second-order valence-corrected chi connectivity index (χ2v) is 8.34. The van der Waals surface area contributed by atoms with Crippen molar-refractivity contribution >= 4 is 11.9 Å². The van der Waals surface area contributed by atoms with E-state index in [1.165, 1.54) is 12.8 Å². The SMILES string of the molecule is O=C(CN1CCN(C(=O)NCc2cccc(-n3cccn3)c2)CC1)N1CCCCCC1. The van der Waals surface area contributed by atoms with Crippen LogP contribution in [0.3, 0.4) is 0 Å². The van der Waals surface area contributed by atoms with Crippen LogP contribution in [-0.4, -0.2) is 82.2 Å². The van der Waals surface area contributed by atoms with Gasteiger partial charge in [0.15, 0.2) is 0 Å². The first-order valence-corrected chi connectivity index (χ1v) is 11.3. The molecule has 8 heteroatoms. The normalized spacial score (nSPS) is 17.9. The Morgan fingerprint density at radius 2 is 1.68 bits per heavy atom. The molecule has 3 heterocycles. The van der Waals surface area contributed by atoms with E-state index in [0.29, 0.717) is 26.2 Å². The smallest absolute Gasteiger partial charge is 0.317 e. The largest absolute Gasteiger partial charge is 0.342 e. The summed E-state index contributed by atoms with van der Waals surface area (Å²) in [5, 5.41) is 7.27. The van der Waals surface area contributed by atoms with Gasteiger partial charge in [-0.25, -0.2) is 9.48 Å². The number of carbonyl (C=O) groups is 2. The molecule has 166 valence electrons. The van der Waals surface area contributed by atoms with Crippen LogP contribution in [0, 0.1) is 0 Å². The van der Waals surface area contributed by atoms with Gasteiger partial charge in [0.05, 0.1) is 12.2 Å². The molecule has 1 aromatic heterocycles. The van der Waals surface area contributed by atoms with Crippen molar-refractivity contribution in [3.8, 4) is 5.69 Å². The Labute approximate surface area is 183 Å². The van der Waals surface area contributed by atoms with Crippen molar-refractivity contribution in [3.05, 3.63) is 48.3 Å². The second kappa shape index (κ2) is 10.4. The van der Waals surface area contributed by atoms with Gasteiger partial charge in [-0.05, 0) is 36.6 Å². The number of amides is 3. The van der Waals surface area contributed by atoms with Crippen LogP contribution in [0.5, 0.6) is 0 Å². The minimum atomic E-state index is -0.0528. The average molecular weight is 425 g/mol. The highest BCUT2D eigenvalue weighted by Gasteiger charge is 2.24. The van der Waals surface area contributed by atoms with E-state index in [4.69, 9.17) is 0 Å². The van der Waals surface area contributed by atoms with Crippen molar-refractivity contribution in [3.63, 3.8) is 0 Å². The Hall–Kier alpha value is -2.87. The van der Waals surface area contributed by atoms with Crippen LogP contribution in [0.25, 0.3) is 5.69 Å². The summed E-state index contributed by atoms with van der Waals surface area (Å²) < 4.78 is 1.80. The van der Waals surface area contributed by atoms with Gasteiger partial charge in [0.25, 0.3) is 0 Å². The Balaban J connectivity index is 1.21. The summed E-state index contributed by atoms with van der Waals surface area (Å²) in [6.45, 7) is 5.49. The number of hydrogen-bond acceptors (Lipinski definition) is 4. The van der Waals surface area contributed by atoms with Crippen LogP contribution in [-0.2, 0) is 11.3 Å². The lowest BCUT2D eigenvalue weighted by molar-refractivity contribution is -0.132. The maximum Gasteiger partial charge on any atom is 0.317 e. The Morgan fingerprint density at radius 3 is 2.39 bits per heavy atom. The van der Waals surface area contributed by atoms with E-state index in [9.17, 15) is 9.59 Å². The molecule has 2 fully saturated rings. The summed E-state index contributed by atoms with van der Waals surface area (Å²) in [7, 11) is 0. The first-order chi connectivity index (χ1) is 15.2. The van der Waals surface area contributed by atoms with Gasteiger partial charge in [0.2, 0.25) is 5.91 Å². The fourth-order valence-corrected chi connectivity index (χ4v) is 4.24. The average Bonchev–Trinajstić information content (AvgIpc) is 3.20. The molecule has 2 aliphatic heterocycles. The highest BCUT2D eigenvalue weighted by molar-refractivity contribution is 5.78. The zero-order valence-corrected chi connectivity index (χ0v) is 18.1. The van der Waals surface area contributed by atoms with Gasteiger partial charge in [0, 0.05) is 58.2 Å². The van der Waals surface area contributed by atoms with Gasteiger partial charge in [0.1, 0.15) is 0 Å². The molecule has 0 saturated carbocycles. The molecule has 3 amide bonds. The molecule has 0 radical (unpaired) electrons. The second-order valence-electron chi connectivity index (χ2n) is 8.34. The van der Waals surface area contributed by atoms with Gasteiger partial charge in [-0.1, -0.05) is 25.0 Å². The van der Waals surface area contributed by atoms with E-state index >= 15 is 0 Å². The summed E-state index contributed by atoms with van der Waals surface area (Å²) >= 11 is 0. The van der Waals surface area contributed by atoms with E-state index in [1.54, 1.807) is 10.9 Å². The van der Waals surface area contributed by atoms with Crippen LogP contribution in [0.4, 0.5) is 4.79 Å². The number of nitrogens with zero attached hydrogens (tertiary/aromatic N) is 5. The van der Waals surface area contributed by atoms with Crippen molar-refractivity contribution in [2.45, 2.75) is 32.2 Å². The molecule has 4 rings (SSSR count). The van der Waals surface area contributed by atoms with Crippen LogP contribution in [0.1, 0.15) is 31.2 Å². The molecular formula is C23H32N6O2. The Morgan fingerprint density at radius 1 is 0.903 bits per heavy atom. The van der Waals surface area contributed by atoms with Gasteiger partial charge in [-0.3, -0.25) is 9.69 Å². The summed E-state index contributed by atoms with van der Waals surface area (Å²) in [5.41, 5.74) is 2.00. The number of hydrogen-bond donors (Lipinski definition) is 1. The standard InChI is InChI=1S/C23H32N6O2/c30-22(27-10-3-1-2-4-11-27)19-26-13-15-28(16-14-26)23(31)24-18-20-7-5-8-21(17-20)29-12-6-9-25-29/h5-9,12,17H,1-4,10-11,13-16,18-19H2,(H,24,31). The van der Waals surface area contributed by atoms with Gasteiger partial charge < -0.3 is 15.1 Å². The van der Waals surface area contributed by atoms with Crippen molar-refractivity contribution in [1.82, 2.24) is 29.8 Å². The van der Waals surface area contributed by atoms with E-state index in [0.717, 1.165) is 50.3 Å². The number of likely N-dealkylation sites (tertiary alicyclic amines) is 1. The monoisotopic (exact) mass is 424 g/mol. The zero-order valence-electron chi connectivity index (χ0n) is 18.1. The number of benzene rings is 1. The van der Waals surface area contributed by atoms with Crippen LogP contribution in [0.2, 0.25) is 0 Å². The summed E-state index contributed by atoms with van der Waals surface area (Å²) in [6, 6.07) is 9.82. The van der Waals surface area contributed by atoms with Crippen molar-refractivity contribution in [1.29, 1.82) is 0 Å². The maximum atomic E-state index is 12.6. The minimum absolute atomic E-state index is 0.0528. The number of rotatable bonds is 5. The van der Waals surface area contributed by atoms with Crippen LogP contribution >= 0.6 is 0 Å². The molecule has 1 N–H and O–H groups in total. The van der Waals surface area contributed by atoms with Crippen molar-refractivity contribution < 1.29 is 9.59 Å². The highest BCUT2D eigenvalue weighted by Crippen LogP contribution is 2.12. The molecule has 8 nitrogen and oxygen atoms in total. The van der Waals surface area contributed by atoms with Crippen LogP contribution in [0.15, 0.2) is 42.7 Å². The summed E-state index contributed by atoms with van der Waals surface area (Å²) in [5.74, 6) is 0.233. The van der Waals surface area contributed by atoms with Crippen molar-refractivity contribution in [2.24, 2.45) is 0 Å². The maximum absolute atomic E-state index is 12.6. The molecule has 31 heavy (non-hydrogen) atoms. The molecule has 0 bridgehead atoms. The molecule has 2 saturated heterocycles. The molecule has 0 unspecified atom stereocenters. The van der Waals surface area contributed by atoms with Gasteiger partial charge in [-0.2, -0.15) is 5.10 Å². The summed E-state index contributed by atoms with van der Waals surface area (Å²) in [6.07, 6.45) is 8.33. The third-order valence-corrected chi connectivity index (χ3v) is 6.10. The molecule has 2 aliphatic rings.